The number of aromatic nitrogens is 3. The molecule has 0 N–H and O–H groups in total. The molecule has 0 aliphatic carbocycles. The highest BCUT2D eigenvalue weighted by Crippen LogP contribution is 2.33. The van der Waals surface area contributed by atoms with Crippen molar-refractivity contribution in [3.63, 3.8) is 0 Å². The molecular formula is C25H28N4O5S. The van der Waals surface area contributed by atoms with E-state index >= 15 is 0 Å². The lowest BCUT2D eigenvalue weighted by Crippen LogP contribution is -2.40. The van der Waals surface area contributed by atoms with Crippen LogP contribution in [0.15, 0.2) is 36.4 Å². The van der Waals surface area contributed by atoms with Crippen molar-refractivity contribution in [2.24, 2.45) is 5.92 Å². The number of rotatable bonds is 4. The molecule has 1 atom stereocenters. The molecule has 2 aliphatic heterocycles. The predicted octanol–water partition coefficient (Wildman–Crippen LogP) is 2.79. The van der Waals surface area contributed by atoms with Crippen LogP contribution in [0.4, 0.5) is 0 Å². The van der Waals surface area contributed by atoms with Crippen LogP contribution in [0.5, 0.6) is 0 Å². The van der Waals surface area contributed by atoms with Gasteiger partial charge in [-0.15, -0.1) is 0 Å². The Labute approximate surface area is 204 Å². The Hall–Kier alpha value is -3.27. The number of methoxy groups -OCH3 is 1. The molecule has 2 fully saturated rings. The molecule has 2 aromatic heterocycles. The van der Waals surface area contributed by atoms with Crippen LogP contribution in [0.2, 0.25) is 0 Å². The van der Waals surface area contributed by atoms with Gasteiger partial charge in [0.15, 0.2) is 15.5 Å². The van der Waals surface area contributed by atoms with Gasteiger partial charge in [-0.1, -0.05) is 30.3 Å². The predicted molar refractivity (Wildman–Crippen MR) is 131 cm³/mol. The highest BCUT2D eigenvalue weighted by molar-refractivity contribution is 7.91. The van der Waals surface area contributed by atoms with Crippen LogP contribution in [0, 0.1) is 12.8 Å². The summed E-state index contributed by atoms with van der Waals surface area (Å²) in [6.45, 7) is 2.74. The number of hydrogen-bond acceptors (Lipinski definition) is 7. The number of sulfone groups is 1. The largest absolute Gasteiger partial charge is 0.469 e. The minimum atomic E-state index is -3.12. The maximum Gasteiger partial charge on any atom is 0.308 e. The summed E-state index contributed by atoms with van der Waals surface area (Å²) in [4.78, 5) is 32.3. The average molecular weight is 497 g/mol. The van der Waals surface area contributed by atoms with E-state index in [9.17, 15) is 18.0 Å². The van der Waals surface area contributed by atoms with Gasteiger partial charge in [-0.05, 0) is 32.3 Å². The minimum absolute atomic E-state index is 0.0186. The number of benzene rings is 1. The number of pyridine rings is 1. The van der Waals surface area contributed by atoms with E-state index in [4.69, 9.17) is 9.72 Å². The van der Waals surface area contributed by atoms with Crippen LogP contribution in [0.25, 0.3) is 22.3 Å². The molecule has 1 unspecified atom stereocenters. The van der Waals surface area contributed by atoms with Gasteiger partial charge < -0.3 is 9.64 Å². The van der Waals surface area contributed by atoms with Crippen LogP contribution < -0.4 is 0 Å². The fraction of sp³-hybridized carbons (Fsp3) is 0.440. The summed E-state index contributed by atoms with van der Waals surface area (Å²) >= 11 is 0. The summed E-state index contributed by atoms with van der Waals surface area (Å²) in [7, 11) is -1.74. The van der Waals surface area contributed by atoms with E-state index in [2.05, 4.69) is 5.10 Å². The van der Waals surface area contributed by atoms with E-state index in [-0.39, 0.29) is 35.3 Å². The van der Waals surface area contributed by atoms with E-state index in [1.807, 2.05) is 37.3 Å². The van der Waals surface area contributed by atoms with Crippen molar-refractivity contribution in [1.82, 2.24) is 19.7 Å². The average Bonchev–Trinajstić information content (AvgIpc) is 3.41. The third-order valence-electron chi connectivity index (χ3n) is 7.01. The maximum absolute atomic E-state index is 13.8. The van der Waals surface area contributed by atoms with Crippen molar-refractivity contribution >= 4 is 32.7 Å². The number of carbonyl (C=O) groups is 2. The number of amides is 1. The molecule has 1 aromatic carbocycles. The molecule has 3 aromatic rings. The first-order valence-corrected chi connectivity index (χ1v) is 13.6. The molecule has 5 rings (SSSR count). The summed E-state index contributed by atoms with van der Waals surface area (Å²) in [6.07, 6.45) is 1.58. The highest BCUT2D eigenvalue weighted by atomic mass is 32.2. The number of esters is 1. The zero-order chi connectivity index (χ0) is 24.7. The van der Waals surface area contributed by atoms with Gasteiger partial charge in [0.2, 0.25) is 0 Å². The van der Waals surface area contributed by atoms with Crippen molar-refractivity contribution in [2.45, 2.75) is 32.2 Å². The summed E-state index contributed by atoms with van der Waals surface area (Å²) in [5.74, 6) is -0.435. The molecule has 0 radical (unpaired) electrons. The number of aryl methyl sites for hydroxylation is 1. The molecule has 0 saturated carbocycles. The fourth-order valence-electron chi connectivity index (χ4n) is 5.12. The molecule has 1 amide bonds. The number of likely N-dealkylation sites (tertiary alicyclic amines) is 1. The molecule has 0 spiro atoms. The lowest BCUT2D eigenvalue weighted by Gasteiger charge is -2.31. The summed E-state index contributed by atoms with van der Waals surface area (Å²) in [6, 6.07) is 11.1. The number of hydrogen-bond donors (Lipinski definition) is 0. The highest BCUT2D eigenvalue weighted by Gasteiger charge is 2.34. The van der Waals surface area contributed by atoms with Gasteiger partial charge in [-0.25, -0.2) is 18.1 Å². The quantitative estimate of drug-likeness (QED) is 0.511. The second kappa shape index (κ2) is 9.07. The molecule has 10 heteroatoms. The smallest absolute Gasteiger partial charge is 0.308 e. The molecule has 9 nitrogen and oxygen atoms in total. The summed E-state index contributed by atoms with van der Waals surface area (Å²) < 4.78 is 30.9. The summed E-state index contributed by atoms with van der Waals surface area (Å²) in [5.41, 5.74) is 3.16. The van der Waals surface area contributed by atoms with Crippen LogP contribution in [0.3, 0.4) is 0 Å². The van der Waals surface area contributed by atoms with Gasteiger partial charge in [0.1, 0.15) is 0 Å². The monoisotopic (exact) mass is 496 g/mol. The molecule has 0 bridgehead atoms. The molecule has 35 heavy (non-hydrogen) atoms. The van der Waals surface area contributed by atoms with Crippen LogP contribution >= 0.6 is 0 Å². The minimum Gasteiger partial charge on any atom is -0.469 e. The van der Waals surface area contributed by atoms with E-state index < -0.39 is 9.84 Å². The van der Waals surface area contributed by atoms with Crippen molar-refractivity contribution in [1.29, 1.82) is 0 Å². The van der Waals surface area contributed by atoms with E-state index in [0.29, 0.717) is 60.3 Å². The van der Waals surface area contributed by atoms with Gasteiger partial charge >= 0.3 is 5.97 Å². The Morgan fingerprint density at radius 1 is 1.09 bits per heavy atom. The normalized spacial score (nSPS) is 20.3. The van der Waals surface area contributed by atoms with E-state index in [1.165, 1.54) is 7.11 Å². The zero-order valence-corrected chi connectivity index (χ0v) is 20.6. The lowest BCUT2D eigenvalue weighted by atomic mass is 9.96. The van der Waals surface area contributed by atoms with Crippen molar-refractivity contribution in [3.8, 4) is 11.3 Å². The Kier molecular flexibility index (Phi) is 6.08. The number of ether oxygens (including phenoxy) is 1. The fourth-order valence-corrected chi connectivity index (χ4v) is 6.81. The van der Waals surface area contributed by atoms with Crippen molar-refractivity contribution < 1.29 is 22.7 Å². The second-order valence-corrected chi connectivity index (χ2v) is 11.5. The Balaban J connectivity index is 1.59. The Bertz CT molecular complexity index is 1390. The zero-order valence-electron chi connectivity index (χ0n) is 19.8. The van der Waals surface area contributed by atoms with Crippen molar-refractivity contribution in [3.05, 3.63) is 47.7 Å². The Morgan fingerprint density at radius 2 is 1.80 bits per heavy atom. The van der Waals surface area contributed by atoms with Crippen LogP contribution in [-0.4, -0.2) is 71.7 Å². The molecule has 4 heterocycles. The number of nitrogens with zero attached hydrogens (tertiary/aromatic N) is 4. The van der Waals surface area contributed by atoms with E-state index in [1.54, 1.807) is 15.6 Å². The van der Waals surface area contributed by atoms with Crippen LogP contribution in [-0.2, 0) is 19.4 Å². The van der Waals surface area contributed by atoms with Gasteiger partial charge in [0.25, 0.3) is 5.91 Å². The van der Waals surface area contributed by atoms with Gasteiger partial charge in [0, 0.05) is 18.7 Å². The molecule has 184 valence electrons. The number of piperidine rings is 1. The number of fused-ring (bicyclic) bond motifs is 1. The maximum atomic E-state index is 13.8. The lowest BCUT2D eigenvalue weighted by molar-refractivity contribution is -0.146. The first-order chi connectivity index (χ1) is 16.8. The van der Waals surface area contributed by atoms with Crippen molar-refractivity contribution in [2.75, 3.05) is 31.7 Å². The third-order valence-corrected chi connectivity index (χ3v) is 8.76. The summed E-state index contributed by atoms with van der Waals surface area (Å²) in [5, 5.41) is 5.31. The topological polar surface area (TPSA) is 111 Å². The standard InChI is InChI=1S/C25H28N4O5S/c1-16-22-20(24(30)28-11-8-18(9-12-28)25(31)34-2)14-21(17-6-4-3-5-7-17)26-23(22)29(27-16)19-10-13-35(32,33)15-19/h3-7,14,18-19H,8-13,15H2,1-2H3. The second-order valence-electron chi connectivity index (χ2n) is 9.30. The van der Waals surface area contributed by atoms with E-state index in [0.717, 1.165) is 5.56 Å². The SMILES string of the molecule is COC(=O)C1CCN(C(=O)c2cc(-c3ccccc3)nc3c2c(C)nn3C2CCS(=O)(=O)C2)CC1. The molecule has 2 saturated heterocycles. The first kappa shape index (κ1) is 23.5. The van der Waals surface area contributed by atoms with Gasteiger partial charge in [-0.2, -0.15) is 5.10 Å². The Morgan fingerprint density at radius 3 is 2.43 bits per heavy atom. The van der Waals surface area contributed by atoms with Gasteiger partial charge in [-0.3, -0.25) is 9.59 Å². The molecular weight excluding hydrogens is 468 g/mol. The number of carbonyl (C=O) groups excluding carboxylic acids is 2. The third kappa shape index (κ3) is 4.42. The first-order valence-electron chi connectivity index (χ1n) is 11.8. The molecule has 2 aliphatic rings. The van der Waals surface area contributed by atoms with Gasteiger partial charge in [0.05, 0.1) is 52.9 Å². The van der Waals surface area contributed by atoms with Crippen LogP contribution in [0.1, 0.15) is 41.4 Å².